The molecular weight excluding hydrogens is 476 g/mol. The number of carbonyl (C=O) groups excluding carboxylic acids is 1. The minimum Gasteiger partial charge on any atom is -0.309 e. The van der Waals surface area contributed by atoms with E-state index in [-0.39, 0.29) is 10.9 Å². The summed E-state index contributed by atoms with van der Waals surface area (Å²) in [6.45, 7) is 1.38. The number of benzene rings is 1. The summed E-state index contributed by atoms with van der Waals surface area (Å²) in [6.07, 6.45) is 3.87. The maximum atomic E-state index is 12.9. The van der Waals surface area contributed by atoms with Crippen LogP contribution in [0.5, 0.6) is 0 Å². The SMILES string of the molecule is CN(C)CCCN(C(=O)C=Cc1ccc([N+](=O)[O-])s1)c1nc2ccc(Br)cc2s1. The molecule has 3 aromatic rings. The van der Waals surface area contributed by atoms with Crippen molar-refractivity contribution in [3.63, 3.8) is 0 Å². The molecule has 1 aromatic carbocycles. The second kappa shape index (κ2) is 9.57. The lowest BCUT2D eigenvalue weighted by molar-refractivity contribution is -0.380. The van der Waals surface area contributed by atoms with E-state index in [0.29, 0.717) is 16.6 Å². The quantitative estimate of drug-likeness (QED) is 0.249. The minimum atomic E-state index is -0.434. The van der Waals surface area contributed by atoms with E-state index >= 15 is 0 Å². The molecule has 7 nitrogen and oxygen atoms in total. The number of rotatable bonds is 8. The van der Waals surface area contributed by atoms with Gasteiger partial charge in [-0.2, -0.15) is 0 Å². The van der Waals surface area contributed by atoms with Gasteiger partial charge in [-0.1, -0.05) is 38.6 Å². The van der Waals surface area contributed by atoms with E-state index in [1.807, 2.05) is 32.3 Å². The van der Waals surface area contributed by atoms with Crippen LogP contribution in [0.1, 0.15) is 11.3 Å². The van der Waals surface area contributed by atoms with Crippen molar-refractivity contribution in [2.45, 2.75) is 6.42 Å². The highest BCUT2D eigenvalue weighted by Gasteiger charge is 2.18. The first-order chi connectivity index (χ1) is 13.8. The third-order valence-corrected chi connectivity index (χ3v) is 6.54. The van der Waals surface area contributed by atoms with Crippen LogP contribution in [-0.4, -0.2) is 47.9 Å². The van der Waals surface area contributed by atoms with Crippen LogP contribution in [0.3, 0.4) is 0 Å². The molecule has 0 radical (unpaired) electrons. The number of hydrogen-bond acceptors (Lipinski definition) is 7. The Labute approximate surface area is 184 Å². The van der Waals surface area contributed by atoms with Crippen LogP contribution in [0, 0.1) is 10.1 Å². The Morgan fingerprint density at radius 3 is 2.72 bits per heavy atom. The Kier molecular flexibility index (Phi) is 7.12. The highest BCUT2D eigenvalue weighted by molar-refractivity contribution is 9.10. The maximum Gasteiger partial charge on any atom is 0.324 e. The predicted octanol–water partition coefficient (Wildman–Crippen LogP) is 5.03. The molecule has 2 heterocycles. The van der Waals surface area contributed by atoms with Crippen LogP contribution in [0.2, 0.25) is 0 Å². The Balaban J connectivity index is 1.83. The van der Waals surface area contributed by atoms with Crippen LogP contribution < -0.4 is 4.90 Å². The summed E-state index contributed by atoms with van der Waals surface area (Å²) in [6, 6.07) is 8.91. The van der Waals surface area contributed by atoms with E-state index in [1.165, 1.54) is 23.5 Å². The van der Waals surface area contributed by atoms with Gasteiger partial charge in [-0.15, -0.1) is 0 Å². The average Bonchev–Trinajstić information content (AvgIpc) is 3.29. The van der Waals surface area contributed by atoms with Crippen molar-refractivity contribution in [3.05, 3.63) is 55.9 Å². The third-order valence-electron chi connectivity index (χ3n) is 4.01. The van der Waals surface area contributed by atoms with Gasteiger partial charge in [0.1, 0.15) is 0 Å². The van der Waals surface area contributed by atoms with E-state index in [9.17, 15) is 14.9 Å². The zero-order chi connectivity index (χ0) is 21.0. The molecule has 0 aliphatic carbocycles. The van der Waals surface area contributed by atoms with Gasteiger partial charge in [0.05, 0.1) is 15.1 Å². The molecule has 0 saturated heterocycles. The van der Waals surface area contributed by atoms with Crippen LogP contribution in [0.15, 0.2) is 40.9 Å². The van der Waals surface area contributed by atoms with E-state index < -0.39 is 4.92 Å². The smallest absolute Gasteiger partial charge is 0.309 e. The summed E-state index contributed by atoms with van der Waals surface area (Å²) < 4.78 is 1.96. The number of carbonyl (C=O) groups is 1. The molecule has 0 aliphatic rings. The van der Waals surface area contributed by atoms with E-state index in [4.69, 9.17) is 0 Å². The van der Waals surface area contributed by atoms with Crippen LogP contribution in [0.25, 0.3) is 16.3 Å². The van der Waals surface area contributed by atoms with Crippen molar-refractivity contribution in [2.24, 2.45) is 0 Å². The molecule has 0 fully saturated rings. The molecule has 0 atom stereocenters. The Morgan fingerprint density at radius 1 is 1.24 bits per heavy atom. The standard InChI is InChI=1S/C19H19BrN4O3S2/c1-22(2)10-3-11-23(19-21-15-7-4-13(20)12-16(15)29-19)17(25)8-5-14-6-9-18(28-14)24(26)27/h4-9,12H,3,10-11H2,1-2H3. The summed E-state index contributed by atoms with van der Waals surface area (Å²) in [7, 11) is 3.98. The molecule has 2 aromatic heterocycles. The molecule has 152 valence electrons. The fourth-order valence-electron chi connectivity index (χ4n) is 2.62. The number of anilines is 1. The van der Waals surface area contributed by atoms with Gasteiger partial charge >= 0.3 is 5.00 Å². The number of nitrogens with zero attached hydrogens (tertiary/aromatic N) is 4. The molecule has 0 spiro atoms. The minimum absolute atomic E-state index is 0.0525. The molecule has 0 unspecified atom stereocenters. The van der Waals surface area contributed by atoms with Crippen molar-refractivity contribution < 1.29 is 9.72 Å². The topological polar surface area (TPSA) is 79.6 Å². The molecular formula is C19H19BrN4O3S2. The summed E-state index contributed by atoms with van der Waals surface area (Å²) in [5.74, 6) is -0.196. The van der Waals surface area contributed by atoms with E-state index in [0.717, 1.165) is 39.0 Å². The fraction of sp³-hybridized carbons (Fsp3) is 0.263. The van der Waals surface area contributed by atoms with Crippen molar-refractivity contribution in [1.29, 1.82) is 0 Å². The lowest BCUT2D eigenvalue weighted by Crippen LogP contribution is -2.32. The normalized spacial score (nSPS) is 11.6. The summed E-state index contributed by atoms with van der Waals surface area (Å²) in [5, 5.41) is 11.5. The number of halogens is 1. The Hall–Kier alpha value is -2.14. The second-order valence-electron chi connectivity index (χ2n) is 6.52. The number of fused-ring (bicyclic) bond motifs is 1. The lowest BCUT2D eigenvalue weighted by atomic mass is 10.3. The first-order valence-corrected chi connectivity index (χ1v) is 11.2. The first-order valence-electron chi connectivity index (χ1n) is 8.78. The van der Waals surface area contributed by atoms with Crippen LogP contribution in [0.4, 0.5) is 10.1 Å². The van der Waals surface area contributed by atoms with Crippen molar-refractivity contribution in [1.82, 2.24) is 9.88 Å². The van der Waals surface area contributed by atoms with Crippen molar-refractivity contribution in [3.8, 4) is 0 Å². The zero-order valence-corrected chi connectivity index (χ0v) is 19.1. The lowest BCUT2D eigenvalue weighted by Gasteiger charge is -2.19. The Morgan fingerprint density at radius 2 is 2.03 bits per heavy atom. The Bertz CT molecular complexity index is 1060. The van der Waals surface area contributed by atoms with Gasteiger partial charge in [0.15, 0.2) is 5.13 Å². The van der Waals surface area contributed by atoms with Gasteiger partial charge in [-0.25, -0.2) is 4.98 Å². The van der Waals surface area contributed by atoms with Crippen LogP contribution >= 0.6 is 38.6 Å². The predicted molar refractivity (Wildman–Crippen MR) is 123 cm³/mol. The van der Waals surface area contributed by atoms with Gasteiger partial charge in [-0.05, 0) is 57.4 Å². The van der Waals surface area contributed by atoms with Crippen LogP contribution in [-0.2, 0) is 4.79 Å². The number of nitro groups is 1. The van der Waals surface area contributed by atoms with Crippen molar-refractivity contribution in [2.75, 3.05) is 32.1 Å². The summed E-state index contributed by atoms with van der Waals surface area (Å²) >= 11 is 5.97. The molecule has 0 bridgehead atoms. The van der Waals surface area contributed by atoms with Gasteiger partial charge in [0, 0.05) is 28.0 Å². The highest BCUT2D eigenvalue weighted by Crippen LogP contribution is 2.31. The molecule has 1 amide bonds. The number of aromatic nitrogens is 1. The molecule has 3 rings (SSSR count). The fourth-order valence-corrected chi connectivity index (χ4v) is 4.89. The second-order valence-corrected chi connectivity index (χ2v) is 9.54. The summed E-state index contributed by atoms with van der Waals surface area (Å²) in [5.41, 5.74) is 0.844. The largest absolute Gasteiger partial charge is 0.324 e. The van der Waals surface area contributed by atoms with Gasteiger partial charge < -0.3 is 4.90 Å². The molecule has 10 heteroatoms. The average molecular weight is 495 g/mol. The van der Waals surface area contributed by atoms with E-state index in [2.05, 4.69) is 25.8 Å². The van der Waals surface area contributed by atoms with Gasteiger partial charge in [0.2, 0.25) is 0 Å². The monoisotopic (exact) mass is 494 g/mol. The number of thiazole rings is 1. The third kappa shape index (κ3) is 5.69. The summed E-state index contributed by atoms with van der Waals surface area (Å²) in [4.78, 5) is 32.3. The zero-order valence-electron chi connectivity index (χ0n) is 15.9. The highest BCUT2D eigenvalue weighted by atomic mass is 79.9. The molecule has 29 heavy (non-hydrogen) atoms. The van der Waals surface area contributed by atoms with Gasteiger partial charge in [0.25, 0.3) is 5.91 Å². The van der Waals surface area contributed by atoms with Crippen molar-refractivity contribution >= 4 is 70.9 Å². The van der Waals surface area contributed by atoms with E-state index in [1.54, 1.807) is 17.0 Å². The first kappa shape index (κ1) is 21.6. The molecule has 0 saturated carbocycles. The molecule has 0 N–H and O–H groups in total. The maximum absolute atomic E-state index is 12.9. The van der Waals surface area contributed by atoms with Gasteiger partial charge in [-0.3, -0.25) is 19.8 Å². The number of hydrogen-bond donors (Lipinski definition) is 0. The number of thiophene rings is 1. The number of amides is 1. The molecule has 0 aliphatic heterocycles.